The maximum atomic E-state index is 12.7. The van der Waals surface area contributed by atoms with Gasteiger partial charge in [-0.1, -0.05) is 23.7 Å². The summed E-state index contributed by atoms with van der Waals surface area (Å²) in [5.74, 6) is -0.119. The number of aromatic nitrogens is 2. The molecule has 0 aliphatic carbocycles. The van der Waals surface area contributed by atoms with Gasteiger partial charge in [-0.15, -0.1) is 0 Å². The first-order valence-electron chi connectivity index (χ1n) is 8.68. The number of carbonyl (C=O) groups is 1. The molecule has 0 fully saturated rings. The number of aliphatic hydroxyl groups is 1. The van der Waals surface area contributed by atoms with E-state index in [0.717, 1.165) is 0 Å². The Balaban J connectivity index is 2.10. The summed E-state index contributed by atoms with van der Waals surface area (Å²) in [6.07, 6.45) is -1.83. The molecule has 0 unspecified atom stereocenters. The van der Waals surface area contributed by atoms with E-state index in [1.165, 1.54) is 7.11 Å². The second-order valence-electron chi connectivity index (χ2n) is 6.12. The molecule has 30 heavy (non-hydrogen) atoms. The zero-order valence-corrected chi connectivity index (χ0v) is 16.5. The number of hydrazone groups is 1. The number of rotatable bonds is 6. The second-order valence-corrected chi connectivity index (χ2v) is 6.56. The van der Waals surface area contributed by atoms with Crippen LogP contribution in [-0.2, 0) is 4.79 Å². The molecule has 3 N–H and O–H groups in total. The normalized spacial score (nSPS) is 12.3. The van der Waals surface area contributed by atoms with Crippen molar-refractivity contribution in [1.29, 1.82) is 5.26 Å². The number of fused-ring (bicyclic) bond motifs is 1. The van der Waals surface area contributed by atoms with Gasteiger partial charge in [-0.3, -0.25) is 9.59 Å². The maximum Gasteiger partial charge on any atom is 0.276 e. The molecule has 0 saturated heterocycles. The van der Waals surface area contributed by atoms with Crippen molar-refractivity contribution >= 4 is 34.3 Å². The topological polar surface area (TPSA) is 140 Å². The molecule has 1 aromatic heterocycles. The zero-order chi connectivity index (χ0) is 21.7. The molecular formula is C20H16ClN5O4. The fourth-order valence-electron chi connectivity index (χ4n) is 2.65. The Bertz CT molecular complexity index is 1210. The van der Waals surface area contributed by atoms with Crippen LogP contribution in [0.15, 0.2) is 52.4 Å². The molecule has 1 amide bonds. The number of amides is 1. The zero-order valence-electron chi connectivity index (χ0n) is 15.7. The average molecular weight is 426 g/mol. The first-order chi connectivity index (χ1) is 14.4. The molecule has 0 saturated carbocycles. The van der Waals surface area contributed by atoms with Crippen LogP contribution >= 0.6 is 11.6 Å². The highest BCUT2D eigenvalue weighted by Gasteiger charge is 2.23. The molecule has 0 aliphatic heterocycles. The van der Waals surface area contributed by atoms with Gasteiger partial charge in [0, 0.05) is 5.02 Å². The van der Waals surface area contributed by atoms with E-state index in [9.17, 15) is 14.7 Å². The van der Waals surface area contributed by atoms with Crippen molar-refractivity contribution in [1.82, 2.24) is 15.4 Å². The number of hydrogen-bond donors (Lipinski definition) is 3. The first kappa shape index (κ1) is 21.0. The highest BCUT2D eigenvalue weighted by molar-refractivity contribution is 6.31. The van der Waals surface area contributed by atoms with Gasteiger partial charge < -0.3 is 14.8 Å². The van der Waals surface area contributed by atoms with Crippen LogP contribution in [0.25, 0.3) is 11.0 Å². The molecule has 1 atom stereocenters. The minimum Gasteiger partial charge on any atom is -0.497 e. The Kier molecular flexibility index (Phi) is 6.41. The Morgan fingerprint density at radius 1 is 1.37 bits per heavy atom. The summed E-state index contributed by atoms with van der Waals surface area (Å²) in [4.78, 5) is 31.3. The van der Waals surface area contributed by atoms with Crippen LogP contribution in [0.1, 0.15) is 23.8 Å². The van der Waals surface area contributed by atoms with E-state index < -0.39 is 24.0 Å². The van der Waals surface area contributed by atoms with Gasteiger partial charge >= 0.3 is 0 Å². The van der Waals surface area contributed by atoms with E-state index in [-0.39, 0.29) is 11.4 Å². The van der Waals surface area contributed by atoms with E-state index in [2.05, 4.69) is 20.5 Å². The number of aliphatic hydroxyl groups excluding tert-OH is 1. The predicted octanol–water partition coefficient (Wildman–Crippen LogP) is 2.05. The lowest BCUT2D eigenvalue weighted by Crippen LogP contribution is -2.29. The van der Waals surface area contributed by atoms with Crippen LogP contribution < -0.4 is 15.7 Å². The molecule has 3 rings (SSSR count). The predicted molar refractivity (Wildman–Crippen MR) is 110 cm³/mol. The van der Waals surface area contributed by atoms with Gasteiger partial charge in [-0.05, 0) is 35.9 Å². The Hall–Kier alpha value is -3.74. The minimum absolute atomic E-state index is 0.189. The van der Waals surface area contributed by atoms with Crippen molar-refractivity contribution in [2.24, 2.45) is 5.10 Å². The number of H-pyrrole nitrogens is 1. The fraction of sp³-hybridized carbons (Fsp3) is 0.150. The molecule has 0 radical (unpaired) electrons. The highest BCUT2D eigenvalue weighted by Crippen LogP contribution is 2.21. The van der Waals surface area contributed by atoms with Crippen LogP contribution in [0.5, 0.6) is 5.75 Å². The number of nitrogens with one attached hydrogen (secondary N) is 2. The van der Waals surface area contributed by atoms with Gasteiger partial charge in [-0.2, -0.15) is 10.4 Å². The maximum absolute atomic E-state index is 12.7. The molecule has 0 spiro atoms. The second kappa shape index (κ2) is 9.17. The van der Waals surface area contributed by atoms with E-state index >= 15 is 0 Å². The number of carbonyl (C=O) groups excluding carboxylic acids is 1. The monoisotopic (exact) mass is 425 g/mol. The molecule has 3 aromatic rings. The smallest absolute Gasteiger partial charge is 0.276 e. The van der Waals surface area contributed by atoms with E-state index in [1.807, 2.05) is 0 Å². The van der Waals surface area contributed by atoms with E-state index in [4.69, 9.17) is 21.6 Å². The van der Waals surface area contributed by atoms with Crippen LogP contribution in [-0.4, -0.2) is 33.8 Å². The van der Waals surface area contributed by atoms with Crippen molar-refractivity contribution in [2.75, 3.05) is 7.11 Å². The van der Waals surface area contributed by atoms with Crippen molar-refractivity contribution in [3.63, 3.8) is 0 Å². The third-order valence-electron chi connectivity index (χ3n) is 4.13. The first-order valence-corrected chi connectivity index (χ1v) is 9.06. The van der Waals surface area contributed by atoms with Crippen LogP contribution in [0, 0.1) is 11.3 Å². The van der Waals surface area contributed by atoms with Gasteiger partial charge in [0.05, 0.1) is 24.2 Å². The highest BCUT2D eigenvalue weighted by atomic mass is 35.5. The van der Waals surface area contributed by atoms with Crippen molar-refractivity contribution in [3.8, 4) is 11.8 Å². The van der Waals surface area contributed by atoms with Gasteiger partial charge in [-0.25, -0.2) is 10.4 Å². The molecule has 152 valence electrons. The van der Waals surface area contributed by atoms with Gasteiger partial charge in [0.15, 0.2) is 5.69 Å². The number of benzene rings is 2. The van der Waals surface area contributed by atoms with E-state index in [1.54, 1.807) is 48.5 Å². The number of aromatic amines is 1. The third kappa shape index (κ3) is 4.63. The Morgan fingerprint density at radius 3 is 2.77 bits per heavy atom. The fourth-order valence-corrected chi connectivity index (χ4v) is 2.83. The molecule has 10 heteroatoms. The van der Waals surface area contributed by atoms with Crippen molar-refractivity contribution in [3.05, 3.63) is 69.1 Å². The summed E-state index contributed by atoms with van der Waals surface area (Å²) in [7, 11) is 1.51. The van der Waals surface area contributed by atoms with Crippen molar-refractivity contribution in [2.45, 2.75) is 12.5 Å². The van der Waals surface area contributed by atoms with Gasteiger partial charge in [0.1, 0.15) is 24.0 Å². The minimum atomic E-state index is -1.39. The van der Waals surface area contributed by atoms with Crippen LogP contribution in [0.3, 0.4) is 0 Å². The lowest BCUT2D eigenvalue weighted by molar-refractivity contribution is -0.120. The number of ether oxygens (including phenoxy) is 1. The largest absolute Gasteiger partial charge is 0.497 e. The molecule has 2 aromatic carbocycles. The summed E-state index contributed by atoms with van der Waals surface area (Å²) < 4.78 is 5.10. The average Bonchev–Trinajstić information content (AvgIpc) is 2.74. The molecular weight excluding hydrogens is 410 g/mol. The molecule has 9 nitrogen and oxygen atoms in total. The molecule has 1 heterocycles. The number of methoxy groups -OCH3 is 1. The summed E-state index contributed by atoms with van der Waals surface area (Å²) in [6, 6.07) is 12.9. The molecule has 0 aliphatic rings. The van der Waals surface area contributed by atoms with E-state index in [0.29, 0.717) is 27.4 Å². The lowest BCUT2D eigenvalue weighted by atomic mass is 10.0. The summed E-state index contributed by atoms with van der Waals surface area (Å²) in [5, 5.41) is 23.8. The van der Waals surface area contributed by atoms with Gasteiger partial charge in [0.2, 0.25) is 0 Å². The number of hydrogen-bond acceptors (Lipinski definition) is 7. The summed E-state index contributed by atoms with van der Waals surface area (Å²) >= 11 is 5.95. The van der Waals surface area contributed by atoms with Crippen LogP contribution in [0.2, 0.25) is 5.02 Å². The third-order valence-corrected chi connectivity index (χ3v) is 4.36. The number of nitrogens with zero attached hydrogens (tertiary/aromatic N) is 3. The van der Waals surface area contributed by atoms with Gasteiger partial charge in [0.25, 0.3) is 11.5 Å². The standard InChI is InChI=1S/C20H16ClN5O4/c1-30-13-5-2-11(3-6-13)19(28)17(26-25-16(27)8-9-22)18-20(29)24-15-10-12(21)4-7-14(15)23-18/h2-7,10,19,28H,8H2,1H3,(H,24,29)(H,25,27)/b26-17+/t19-/m1/s1. The lowest BCUT2D eigenvalue weighted by Gasteiger charge is -2.14. The Morgan fingerprint density at radius 2 is 2.10 bits per heavy atom. The molecule has 0 bridgehead atoms. The summed E-state index contributed by atoms with van der Waals surface area (Å²) in [5.41, 5.74) is 2.36. The summed E-state index contributed by atoms with van der Waals surface area (Å²) in [6.45, 7) is 0. The quantitative estimate of drug-likeness (QED) is 0.407. The number of nitriles is 1. The number of halogens is 1. The van der Waals surface area contributed by atoms with Crippen molar-refractivity contribution < 1.29 is 14.6 Å². The Labute approximate surface area is 175 Å². The van der Waals surface area contributed by atoms with Crippen LogP contribution in [0.4, 0.5) is 0 Å². The SMILES string of the molecule is COc1ccc([C@@H](O)/C(=N/NC(=O)CC#N)c2nc3ccc(Cl)cc3[nH]c2=O)cc1.